The highest BCUT2D eigenvalue weighted by molar-refractivity contribution is 5.95. The van der Waals surface area contributed by atoms with E-state index in [9.17, 15) is 24.3 Å². The molecule has 11 nitrogen and oxygen atoms in total. The first-order valence-electron chi connectivity index (χ1n) is 16.5. The monoisotopic (exact) mass is 650 g/mol. The zero-order valence-electron chi connectivity index (χ0n) is 27.0. The Labute approximate surface area is 280 Å². The number of urea groups is 1. The molecule has 0 spiro atoms. The number of benzene rings is 3. The van der Waals surface area contributed by atoms with Gasteiger partial charge in [0.05, 0.1) is 13.1 Å². The highest BCUT2D eigenvalue weighted by Crippen LogP contribution is 2.30. The van der Waals surface area contributed by atoms with Crippen LogP contribution in [-0.4, -0.2) is 86.6 Å². The van der Waals surface area contributed by atoms with Gasteiger partial charge in [-0.1, -0.05) is 73.5 Å². The molecule has 6 rings (SSSR count). The zero-order valence-corrected chi connectivity index (χ0v) is 27.0. The number of carbonyl (C=O) groups excluding carboxylic acids is 4. The second kappa shape index (κ2) is 14.7. The SMILES string of the molecule is C=CCN1CC(=O)N2[C@@H](Cc3ccc(O)cc3)C(=O)N(Cc3cccc(C(=O)NC4CCCC4)c3)C[C@@H]2N1C(=O)NCc1ccccc1. The quantitative estimate of drug-likeness (QED) is 0.287. The van der Waals surface area contributed by atoms with E-state index in [-0.39, 0.29) is 68.7 Å². The molecule has 1 aliphatic carbocycles. The fraction of sp³-hybridized carbons (Fsp3) is 0.351. The van der Waals surface area contributed by atoms with Crippen molar-refractivity contribution in [3.05, 3.63) is 114 Å². The Bertz CT molecular complexity index is 1640. The minimum Gasteiger partial charge on any atom is -0.508 e. The Kier molecular flexibility index (Phi) is 10.1. The van der Waals surface area contributed by atoms with Crippen LogP contribution in [0.2, 0.25) is 0 Å². The molecule has 5 amide bonds. The van der Waals surface area contributed by atoms with Crippen molar-refractivity contribution in [1.29, 1.82) is 0 Å². The summed E-state index contributed by atoms with van der Waals surface area (Å²) >= 11 is 0. The number of amides is 5. The largest absolute Gasteiger partial charge is 0.508 e. The normalized spacial score (nSPS) is 20.0. The maximum absolute atomic E-state index is 14.3. The maximum Gasteiger partial charge on any atom is 0.334 e. The first kappa shape index (κ1) is 32.8. The third-order valence-electron chi connectivity index (χ3n) is 9.28. The van der Waals surface area contributed by atoms with Gasteiger partial charge >= 0.3 is 6.03 Å². The molecule has 0 aromatic heterocycles. The molecule has 250 valence electrons. The molecule has 0 unspecified atom stereocenters. The Morgan fingerprint density at radius 2 is 1.65 bits per heavy atom. The number of hydrogen-bond donors (Lipinski definition) is 3. The number of aromatic hydroxyl groups is 1. The van der Waals surface area contributed by atoms with Crippen LogP contribution in [0.1, 0.15) is 52.7 Å². The van der Waals surface area contributed by atoms with Crippen molar-refractivity contribution in [3.8, 4) is 5.75 Å². The average Bonchev–Trinajstić information content (AvgIpc) is 3.60. The first-order chi connectivity index (χ1) is 23.3. The van der Waals surface area contributed by atoms with Crippen molar-refractivity contribution in [1.82, 2.24) is 30.5 Å². The smallest absolute Gasteiger partial charge is 0.334 e. The number of phenolic OH excluding ortho intramolecular Hbond substituents is 1. The summed E-state index contributed by atoms with van der Waals surface area (Å²) in [6, 6.07) is 22.3. The third-order valence-corrected chi connectivity index (χ3v) is 9.28. The van der Waals surface area contributed by atoms with E-state index in [1.54, 1.807) is 62.3 Å². The van der Waals surface area contributed by atoms with Gasteiger partial charge < -0.3 is 25.5 Å². The molecule has 2 heterocycles. The van der Waals surface area contributed by atoms with Gasteiger partial charge in [-0.05, 0) is 53.8 Å². The van der Waals surface area contributed by atoms with E-state index in [1.807, 2.05) is 42.5 Å². The summed E-state index contributed by atoms with van der Waals surface area (Å²) in [5, 5.41) is 19.2. The molecule has 3 fully saturated rings. The highest BCUT2D eigenvalue weighted by Gasteiger charge is 2.51. The van der Waals surface area contributed by atoms with E-state index >= 15 is 0 Å². The lowest BCUT2D eigenvalue weighted by Crippen LogP contribution is -2.76. The van der Waals surface area contributed by atoms with Crippen molar-refractivity contribution in [2.75, 3.05) is 19.6 Å². The van der Waals surface area contributed by atoms with Crippen molar-refractivity contribution in [2.45, 2.75) is 63.4 Å². The molecule has 2 saturated heterocycles. The van der Waals surface area contributed by atoms with E-state index < -0.39 is 18.2 Å². The topological polar surface area (TPSA) is 126 Å². The number of fused-ring (bicyclic) bond motifs is 1. The minimum absolute atomic E-state index is 0.0710. The Hall–Kier alpha value is -5.16. The fourth-order valence-corrected chi connectivity index (χ4v) is 6.92. The number of piperazine rings is 1. The summed E-state index contributed by atoms with van der Waals surface area (Å²) in [6.45, 7) is 4.55. The molecule has 3 aromatic carbocycles. The van der Waals surface area contributed by atoms with Crippen LogP contribution in [0, 0.1) is 0 Å². The van der Waals surface area contributed by atoms with Crippen LogP contribution in [-0.2, 0) is 29.1 Å². The Morgan fingerprint density at radius 3 is 2.38 bits per heavy atom. The first-order valence-corrected chi connectivity index (χ1v) is 16.5. The van der Waals surface area contributed by atoms with Crippen molar-refractivity contribution >= 4 is 23.8 Å². The second-order valence-electron chi connectivity index (χ2n) is 12.7. The van der Waals surface area contributed by atoms with Crippen LogP contribution in [0.4, 0.5) is 4.79 Å². The van der Waals surface area contributed by atoms with Crippen molar-refractivity contribution in [2.24, 2.45) is 0 Å². The number of carbonyl (C=O) groups is 4. The lowest BCUT2D eigenvalue weighted by molar-refractivity contribution is -0.189. The minimum atomic E-state index is -0.898. The lowest BCUT2D eigenvalue weighted by Gasteiger charge is -2.55. The van der Waals surface area contributed by atoms with Gasteiger partial charge in [0.15, 0.2) is 0 Å². The summed E-state index contributed by atoms with van der Waals surface area (Å²) in [5.74, 6) is -0.559. The van der Waals surface area contributed by atoms with Crippen LogP contribution < -0.4 is 10.6 Å². The van der Waals surface area contributed by atoms with Gasteiger partial charge in [0.2, 0.25) is 11.8 Å². The molecule has 0 bridgehead atoms. The van der Waals surface area contributed by atoms with Crippen LogP contribution in [0.5, 0.6) is 5.75 Å². The van der Waals surface area contributed by atoms with E-state index in [0.717, 1.165) is 42.4 Å². The predicted octanol–water partition coefficient (Wildman–Crippen LogP) is 3.80. The molecule has 1 saturated carbocycles. The third kappa shape index (κ3) is 7.36. The van der Waals surface area contributed by atoms with Crippen LogP contribution in [0.15, 0.2) is 91.5 Å². The number of nitrogens with zero attached hydrogens (tertiary/aromatic N) is 4. The Balaban J connectivity index is 1.30. The predicted molar refractivity (Wildman–Crippen MR) is 180 cm³/mol. The molecule has 3 N–H and O–H groups in total. The summed E-state index contributed by atoms with van der Waals surface area (Å²) in [5.41, 5.74) is 2.98. The van der Waals surface area contributed by atoms with Crippen LogP contribution in [0.3, 0.4) is 0 Å². The highest BCUT2D eigenvalue weighted by atomic mass is 16.3. The molecule has 3 aromatic rings. The summed E-state index contributed by atoms with van der Waals surface area (Å²) in [7, 11) is 0. The molecule has 11 heteroatoms. The van der Waals surface area contributed by atoms with Gasteiger partial charge in [0, 0.05) is 37.7 Å². The molecule has 48 heavy (non-hydrogen) atoms. The van der Waals surface area contributed by atoms with E-state index in [4.69, 9.17) is 0 Å². The second-order valence-corrected chi connectivity index (χ2v) is 12.7. The van der Waals surface area contributed by atoms with Gasteiger partial charge in [-0.15, -0.1) is 6.58 Å². The number of hydrazine groups is 1. The maximum atomic E-state index is 14.3. The summed E-state index contributed by atoms with van der Waals surface area (Å²) in [6.07, 6.45) is 5.22. The van der Waals surface area contributed by atoms with Crippen molar-refractivity contribution in [3.63, 3.8) is 0 Å². The van der Waals surface area contributed by atoms with Gasteiger partial charge in [-0.25, -0.2) is 14.8 Å². The lowest BCUT2D eigenvalue weighted by atomic mass is 9.98. The number of hydrogen-bond acceptors (Lipinski definition) is 6. The number of rotatable bonds is 10. The molecule has 3 aliphatic rings. The molecule has 2 atom stereocenters. The molecule has 0 radical (unpaired) electrons. The zero-order chi connectivity index (χ0) is 33.6. The number of nitrogens with one attached hydrogen (secondary N) is 2. The van der Waals surface area contributed by atoms with Gasteiger partial charge in [-0.3, -0.25) is 14.4 Å². The average molecular weight is 651 g/mol. The molecule has 2 aliphatic heterocycles. The molecular formula is C37H42N6O5. The van der Waals surface area contributed by atoms with Gasteiger partial charge in [-0.2, -0.15) is 0 Å². The summed E-state index contributed by atoms with van der Waals surface area (Å²) < 4.78 is 0. The van der Waals surface area contributed by atoms with E-state index in [2.05, 4.69) is 17.2 Å². The van der Waals surface area contributed by atoms with E-state index in [1.165, 1.54) is 0 Å². The summed E-state index contributed by atoms with van der Waals surface area (Å²) in [4.78, 5) is 58.4. The van der Waals surface area contributed by atoms with Crippen molar-refractivity contribution < 1.29 is 24.3 Å². The van der Waals surface area contributed by atoms with Gasteiger partial charge in [0.1, 0.15) is 18.0 Å². The standard InChI is InChI=1S/C37H42N6O5/c1-2-19-41-25-34(45)42-32(21-26-15-17-31(44)18-16-26)36(47)40(24-33(42)43(41)37(48)38-22-27-9-4-3-5-10-27)23-28-11-8-12-29(20-28)35(46)39-30-13-6-7-14-30/h2-5,8-12,15-18,20,30,32-33,44H,1,6-7,13-14,19,21-25H2,(H,38,48)(H,39,46)/t32-,33-/m0/s1. The Morgan fingerprint density at radius 1 is 0.917 bits per heavy atom. The van der Waals surface area contributed by atoms with Crippen LogP contribution >= 0.6 is 0 Å². The fourth-order valence-electron chi connectivity index (χ4n) is 6.92. The molecular weight excluding hydrogens is 608 g/mol. The van der Waals surface area contributed by atoms with Crippen LogP contribution in [0.25, 0.3) is 0 Å². The van der Waals surface area contributed by atoms with E-state index in [0.29, 0.717) is 5.56 Å². The number of phenols is 1. The van der Waals surface area contributed by atoms with Gasteiger partial charge in [0.25, 0.3) is 5.91 Å².